The molecule has 0 fully saturated rings. The number of thioether (sulfide) groups is 1. The predicted molar refractivity (Wildman–Crippen MR) is 46.9 cm³/mol. The van der Waals surface area contributed by atoms with Crippen LogP contribution < -0.4 is 5.32 Å². The largest absolute Gasteiger partial charge is 0.319 e. The van der Waals surface area contributed by atoms with Crippen molar-refractivity contribution in [1.29, 1.82) is 0 Å². The lowest BCUT2D eigenvalue weighted by Crippen LogP contribution is -2.77. The standard InChI is InChI=1S/C8H15NS/c1-9-7-5-3-4-6-8(7)10-2/h9H,3-6H2,1-2H3/p+1. The quantitative estimate of drug-likeness (QED) is 0.641. The van der Waals surface area contributed by atoms with E-state index in [1.807, 2.05) is 11.8 Å². The molecule has 2 heteroatoms. The minimum absolute atomic E-state index is 1.31. The molecular weight excluding hydrogens is 142 g/mol. The molecule has 1 nitrogen and oxygen atoms in total. The molecule has 0 atom stereocenters. The Morgan fingerprint density at radius 3 is 2.50 bits per heavy atom. The molecule has 0 aromatic rings. The van der Waals surface area contributed by atoms with Crippen LogP contribution in [0.2, 0.25) is 0 Å². The van der Waals surface area contributed by atoms with Gasteiger partial charge in [0.2, 0.25) is 0 Å². The van der Waals surface area contributed by atoms with Gasteiger partial charge < -0.3 is 5.32 Å². The summed E-state index contributed by atoms with van der Waals surface area (Å²) in [6.45, 7) is 0. The van der Waals surface area contributed by atoms with Gasteiger partial charge in [0, 0.05) is 11.3 Å². The summed E-state index contributed by atoms with van der Waals surface area (Å²) in [6, 6.07) is 0. The van der Waals surface area contributed by atoms with Crippen LogP contribution in [0.15, 0.2) is 10.6 Å². The lowest BCUT2D eigenvalue weighted by molar-refractivity contribution is -0.579. The average molecular weight is 158 g/mol. The highest BCUT2D eigenvalue weighted by atomic mass is 32.2. The van der Waals surface area contributed by atoms with Gasteiger partial charge in [-0.15, -0.1) is 11.8 Å². The normalized spacial score (nSPS) is 19.8. The van der Waals surface area contributed by atoms with Crippen LogP contribution >= 0.6 is 11.8 Å². The maximum atomic E-state index is 2.27. The van der Waals surface area contributed by atoms with Gasteiger partial charge in [-0.3, -0.25) is 0 Å². The summed E-state index contributed by atoms with van der Waals surface area (Å²) < 4.78 is 0. The van der Waals surface area contributed by atoms with E-state index < -0.39 is 0 Å². The SMILES string of the molecule is C[NH2+]C1=C(SC)CCCC1. The zero-order valence-corrected chi connectivity index (χ0v) is 7.63. The summed E-state index contributed by atoms with van der Waals surface area (Å²) in [5.41, 5.74) is 1.60. The Kier molecular flexibility index (Phi) is 3.29. The fourth-order valence-corrected chi connectivity index (χ4v) is 2.27. The summed E-state index contributed by atoms with van der Waals surface area (Å²) in [4.78, 5) is 1.62. The van der Waals surface area contributed by atoms with Crippen LogP contribution in [0.1, 0.15) is 25.7 Å². The number of hydrogen-bond acceptors (Lipinski definition) is 1. The predicted octanol–water partition coefficient (Wildman–Crippen LogP) is 1.33. The van der Waals surface area contributed by atoms with E-state index in [1.165, 1.54) is 25.7 Å². The van der Waals surface area contributed by atoms with Crippen LogP contribution in [0.4, 0.5) is 0 Å². The highest BCUT2D eigenvalue weighted by Crippen LogP contribution is 2.27. The second kappa shape index (κ2) is 4.04. The van der Waals surface area contributed by atoms with Gasteiger partial charge >= 0.3 is 0 Å². The molecular formula is C8H16NS+. The van der Waals surface area contributed by atoms with Gasteiger partial charge in [-0.2, -0.15) is 0 Å². The first kappa shape index (κ1) is 8.15. The van der Waals surface area contributed by atoms with Crippen LogP contribution in [0.5, 0.6) is 0 Å². The third-order valence-corrected chi connectivity index (χ3v) is 3.01. The molecule has 0 unspecified atom stereocenters. The van der Waals surface area contributed by atoms with Gasteiger partial charge in [-0.05, 0) is 25.5 Å². The van der Waals surface area contributed by atoms with Gasteiger partial charge in [0.05, 0.1) is 7.05 Å². The summed E-state index contributed by atoms with van der Waals surface area (Å²) >= 11 is 1.93. The fraction of sp³-hybridized carbons (Fsp3) is 0.750. The molecule has 0 aliphatic heterocycles. The first-order valence-electron chi connectivity index (χ1n) is 3.94. The van der Waals surface area contributed by atoms with Gasteiger partial charge in [0.15, 0.2) is 0 Å². The highest BCUT2D eigenvalue weighted by molar-refractivity contribution is 8.02. The van der Waals surface area contributed by atoms with Gasteiger partial charge in [-0.1, -0.05) is 0 Å². The van der Waals surface area contributed by atoms with E-state index >= 15 is 0 Å². The van der Waals surface area contributed by atoms with E-state index in [1.54, 1.807) is 10.6 Å². The summed E-state index contributed by atoms with van der Waals surface area (Å²) in [5.74, 6) is 0. The Labute approximate surface area is 67.3 Å². The van der Waals surface area contributed by atoms with E-state index in [-0.39, 0.29) is 0 Å². The van der Waals surface area contributed by atoms with Crippen LogP contribution in [-0.4, -0.2) is 13.3 Å². The van der Waals surface area contributed by atoms with Crippen LogP contribution in [-0.2, 0) is 0 Å². The average Bonchev–Trinajstić information content (AvgIpc) is 2.04. The topological polar surface area (TPSA) is 16.6 Å². The van der Waals surface area contributed by atoms with Crippen molar-refractivity contribution in [3.8, 4) is 0 Å². The molecule has 0 saturated carbocycles. The Balaban J connectivity index is 2.63. The number of quaternary nitrogens is 1. The van der Waals surface area contributed by atoms with Crippen molar-refractivity contribution in [3.63, 3.8) is 0 Å². The van der Waals surface area contributed by atoms with E-state index in [0.29, 0.717) is 0 Å². The molecule has 10 heavy (non-hydrogen) atoms. The van der Waals surface area contributed by atoms with Crippen molar-refractivity contribution in [2.24, 2.45) is 0 Å². The van der Waals surface area contributed by atoms with E-state index in [9.17, 15) is 0 Å². The second-order valence-corrected chi connectivity index (χ2v) is 3.55. The summed E-state index contributed by atoms with van der Waals surface area (Å²) in [6.07, 6.45) is 7.61. The van der Waals surface area contributed by atoms with Crippen LogP contribution in [0.25, 0.3) is 0 Å². The molecule has 0 aromatic heterocycles. The lowest BCUT2D eigenvalue weighted by Gasteiger charge is -2.14. The van der Waals surface area contributed by atoms with E-state index in [0.717, 1.165) is 0 Å². The molecule has 1 aliphatic rings. The second-order valence-electron chi connectivity index (χ2n) is 2.65. The maximum Gasteiger partial charge on any atom is 0.115 e. The minimum atomic E-state index is 1.31. The fourth-order valence-electron chi connectivity index (χ4n) is 1.44. The van der Waals surface area contributed by atoms with Crippen molar-refractivity contribution >= 4 is 11.8 Å². The van der Waals surface area contributed by atoms with Gasteiger partial charge in [0.25, 0.3) is 0 Å². The van der Waals surface area contributed by atoms with Crippen molar-refractivity contribution in [2.75, 3.05) is 13.3 Å². The summed E-state index contributed by atoms with van der Waals surface area (Å²) in [7, 11) is 2.15. The number of rotatable bonds is 2. The van der Waals surface area contributed by atoms with Crippen molar-refractivity contribution in [3.05, 3.63) is 10.6 Å². The van der Waals surface area contributed by atoms with Gasteiger partial charge in [-0.25, -0.2) is 0 Å². The maximum absolute atomic E-state index is 2.27. The van der Waals surface area contributed by atoms with Crippen molar-refractivity contribution in [1.82, 2.24) is 0 Å². The third kappa shape index (κ3) is 1.77. The van der Waals surface area contributed by atoms with Gasteiger partial charge in [0.1, 0.15) is 5.70 Å². The molecule has 0 amide bonds. The Hall–Kier alpha value is 0.0500. The number of hydrogen-bond donors (Lipinski definition) is 1. The molecule has 1 rings (SSSR count). The smallest absolute Gasteiger partial charge is 0.115 e. The zero-order valence-electron chi connectivity index (χ0n) is 6.81. The monoisotopic (exact) mass is 158 g/mol. The molecule has 0 bridgehead atoms. The van der Waals surface area contributed by atoms with E-state index in [4.69, 9.17) is 0 Å². The third-order valence-electron chi connectivity index (χ3n) is 2.05. The van der Waals surface area contributed by atoms with Crippen molar-refractivity contribution in [2.45, 2.75) is 25.7 Å². The highest BCUT2D eigenvalue weighted by Gasteiger charge is 2.12. The van der Waals surface area contributed by atoms with Crippen LogP contribution in [0, 0.1) is 0 Å². The first-order chi connectivity index (χ1) is 4.88. The van der Waals surface area contributed by atoms with Crippen LogP contribution in [0.3, 0.4) is 0 Å². The lowest BCUT2D eigenvalue weighted by atomic mass is 10.0. The Morgan fingerprint density at radius 1 is 1.30 bits per heavy atom. The molecule has 0 spiro atoms. The summed E-state index contributed by atoms with van der Waals surface area (Å²) in [5, 5.41) is 2.27. The van der Waals surface area contributed by atoms with E-state index in [2.05, 4.69) is 18.6 Å². The molecule has 1 aliphatic carbocycles. The Morgan fingerprint density at radius 2 is 2.00 bits per heavy atom. The Bertz CT molecular complexity index is 124. The minimum Gasteiger partial charge on any atom is -0.319 e. The zero-order chi connectivity index (χ0) is 7.40. The molecule has 0 aromatic carbocycles. The molecule has 0 radical (unpaired) electrons. The molecule has 58 valence electrons. The number of allylic oxidation sites excluding steroid dienone is 2. The molecule has 0 heterocycles. The molecule has 0 saturated heterocycles. The first-order valence-corrected chi connectivity index (χ1v) is 5.16. The number of nitrogens with two attached hydrogens (primary N) is 1. The molecule has 2 N–H and O–H groups in total. The van der Waals surface area contributed by atoms with Crippen molar-refractivity contribution < 1.29 is 5.32 Å².